The van der Waals surface area contributed by atoms with Gasteiger partial charge in [-0.1, -0.05) is 36.4 Å². The highest BCUT2D eigenvalue weighted by molar-refractivity contribution is 7.90. The molecule has 0 bridgehead atoms. The van der Waals surface area contributed by atoms with Crippen LogP contribution in [-0.2, 0) is 10.0 Å². The quantitative estimate of drug-likeness (QED) is 0.681. The molecule has 3 aromatic rings. The Morgan fingerprint density at radius 2 is 1.61 bits per heavy atom. The Kier molecular flexibility index (Phi) is 4.94. The van der Waals surface area contributed by atoms with Gasteiger partial charge in [0.05, 0.1) is 16.5 Å². The number of piperazine rings is 1. The lowest BCUT2D eigenvalue weighted by Crippen LogP contribution is -2.45. The van der Waals surface area contributed by atoms with Crippen LogP contribution in [0.15, 0.2) is 65.7 Å². The highest BCUT2D eigenvalue weighted by Gasteiger charge is 2.29. The molecule has 0 aliphatic carbocycles. The first-order valence-electron chi connectivity index (χ1n) is 9.25. The van der Waals surface area contributed by atoms with Crippen molar-refractivity contribution in [3.63, 3.8) is 0 Å². The lowest BCUT2D eigenvalue weighted by atomic mass is 10.0. The van der Waals surface area contributed by atoms with Gasteiger partial charge in [-0.25, -0.2) is 12.4 Å². The number of likely N-dealkylation sites (N-methyl/N-ethyl adjacent to an activating group) is 1. The first-order chi connectivity index (χ1) is 13.5. The maximum atomic E-state index is 13.3. The van der Waals surface area contributed by atoms with Crippen LogP contribution in [0.4, 0.5) is 0 Å². The average Bonchev–Trinajstić information content (AvgIpc) is 3.11. The molecule has 0 spiro atoms. The van der Waals surface area contributed by atoms with Gasteiger partial charge in [0.1, 0.15) is 6.04 Å². The predicted octanol–water partition coefficient (Wildman–Crippen LogP) is 2.69. The van der Waals surface area contributed by atoms with Crippen molar-refractivity contribution in [2.45, 2.75) is 10.9 Å². The number of nitrogens with zero attached hydrogens (tertiary/aromatic N) is 4. The summed E-state index contributed by atoms with van der Waals surface area (Å²) in [5, 5.41) is 10.7. The Labute approximate surface area is 165 Å². The largest absolute Gasteiger partial charge is 0.304 e. The summed E-state index contributed by atoms with van der Waals surface area (Å²) >= 11 is 0. The summed E-state index contributed by atoms with van der Waals surface area (Å²) in [6.45, 7) is 3.33. The van der Waals surface area contributed by atoms with Crippen molar-refractivity contribution in [2.24, 2.45) is 0 Å². The maximum Gasteiger partial charge on any atom is 0.268 e. The first-order valence-corrected chi connectivity index (χ1v) is 10.7. The molecule has 28 heavy (non-hydrogen) atoms. The molecule has 1 fully saturated rings. The van der Waals surface area contributed by atoms with Gasteiger partial charge >= 0.3 is 0 Å². The number of nitriles is 1. The number of benzene rings is 2. The number of aromatic nitrogens is 1. The van der Waals surface area contributed by atoms with Crippen molar-refractivity contribution in [3.8, 4) is 6.07 Å². The third-order valence-corrected chi connectivity index (χ3v) is 7.02. The number of hydrogen-bond donors (Lipinski definition) is 0. The Hall–Kier alpha value is -2.66. The third kappa shape index (κ3) is 3.20. The molecule has 0 N–H and O–H groups in total. The van der Waals surface area contributed by atoms with Crippen LogP contribution in [0.2, 0.25) is 0 Å². The van der Waals surface area contributed by atoms with Crippen molar-refractivity contribution in [2.75, 3.05) is 33.2 Å². The second-order valence-electron chi connectivity index (χ2n) is 7.09. The van der Waals surface area contributed by atoms with Gasteiger partial charge in [0.2, 0.25) is 0 Å². The fraction of sp³-hybridized carbons (Fsp3) is 0.286. The molecule has 144 valence electrons. The van der Waals surface area contributed by atoms with E-state index in [1.54, 1.807) is 42.6 Å². The molecule has 0 saturated carbocycles. The van der Waals surface area contributed by atoms with Gasteiger partial charge in [-0.15, -0.1) is 0 Å². The molecule has 1 saturated heterocycles. The van der Waals surface area contributed by atoms with Crippen LogP contribution in [-0.4, -0.2) is 55.4 Å². The normalized spacial score (nSPS) is 17.4. The molecular weight excluding hydrogens is 372 g/mol. The van der Waals surface area contributed by atoms with Crippen molar-refractivity contribution < 1.29 is 8.42 Å². The van der Waals surface area contributed by atoms with Crippen LogP contribution in [0, 0.1) is 11.3 Å². The molecule has 1 aromatic heterocycles. The highest BCUT2D eigenvalue weighted by Crippen LogP contribution is 2.32. The molecule has 0 amide bonds. The van der Waals surface area contributed by atoms with Crippen LogP contribution in [0.1, 0.15) is 11.6 Å². The van der Waals surface area contributed by atoms with Crippen molar-refractivity contribution in [1.29, 1.82) is 5.26 Å². The molecule has 0 unspecified atom stereocenters. The fourth-order valence-corrected chi connectivity index (χ4v) is 5.12. The summed E-state index contributed by atoms with van der Waals surface area (Å²) in [6.07, 6.45) is 1.62. The lowest BCUT2D eigenvalue weighted by Gasteiger charge is -2.35. The van der Waals surface area contributed by atoms with E-state index < -0.39 is 16.1 Å². The number of fused-ring (bicyclic) bond motifs is 1. The second-order valence-corrected chi connectivity index (χ2v) is 8.90. The molecule has 2 aromatic carbocycles. The van der Waals surface area contributed by atoms with Gasteiger partial charge < -0.3 is 4.90 Å². The Balaban J connectivity index is 1.84. The molecular formula is C21H22N4O2S. The Morgan fingerprint density at radius 1 is 0.964 bits per heavy atom. The first kappa shape index (κ1) is 18.7. The van der Waals surface area contributed by atoms with Crippen LogP contribution < -0.4 is 0 Å². The zero-order valence-corrected chi connectivity index (χ0v) is 16.5. The molecule has 4 rings (SSSR count). The Morgan fingerprint density at radius 3 is 2.29 bits per heavy atom. The van der Waals surface area contributed by atoms with E-state index in [1.807, 2.05) is 18.2 Å². The van der Waals surface area contributed by atoms with E-state index in [4.69, 9.17) is 0 Å². The minimum atomic E-state index is -3.75. The smallest absolute Gasteiger partial charge is 0.268 e. The van der Waals surface area contributed by atoms with E-state index >= 15 is 0 Å². The topological polar surface area (TPSA) is 69.3 Å². The van der Waals surface area contributed by atoms with E-state index in [9.17, 15) is 13.7 Å². The predicted molar refractivity (Wildman–Crippen MR) is 108 cm³/mol. The van der Waals surface area contributed by atoms with Gasteiger partial charge in [0, 0.05) is 43.3 Å². The Bertz CT molecular complexity index is 1120. The second kappa shape index (κ2) is 7.40. The van der Waals surface area contributed by atoms with Crippen LogP contribution >= 0.6 is 0 Å². The van der Waals surface area contributed by atoms with E-state index in [0.29, 0.717) is 5.52 Å². The summed E-state index contributed by atoms with van der Waals surface area (Å²) in [7, 11) is -1.68. The fourth-order valence-electron chi connectivity index (χ4n) is 3.73. The van der Waals surface area contributed by atoms with E-state index in [1.165, 1.54) is 3.97 Å². The van der Waals surface area contributed by atoms with Crippen LogP contribution in [0.25, 0.3) is 10.9 Å². The minimum absolute atomic E-state index is 0.232. The summed E-state index contributed by atoms with van der Waals surface area (Å²) in [6, 6.07) is 17.7. The van der Waals surface area contributed by atoms with Gasteiger partial charge in [-0.05, 0) is 25.2 Å². The maximum absolute atomic E-state index is 13.3. The molecule has 1 aliphatic rings. The van der Waals surface area contributed by atoms with Gasteiger partial charge in [-0.2, -0.15) is 5.26 Å². The molecule has 1 atom stereocenters. The molecule has 6 nitrogen and oxygen atoms in total. The van der Waals surface area contributed by atoms with Gasteiger partial charge in [0.25, 0.3) is 10.0 Å². The van der Waals surface area contributed by atoms with E-state index in [-0.39, 0.29) is 4.90 Å². The summed E-state index contributed by atoms with van der Waals surface area (Å²) < 4.78 is 27.8. The third-order valence-electron chi connectivity index (χ3n) is 5.33. The van der Waals surface area contributed by atoms with Crippen molar-refractivity contribution in [1.82, 2.24) is 13.8 Å². The SMILES string of the molecule is CN1CCN([C@@H](C#N)c2cn(S(=O)(=O)c3ccccc3)c3ccccc23)CC1. The summed E-state index contributed by atoms with van der Waals surface area (Å²) in [5.41, 5.74) is 1.33. The lowest BCUT2D eigenvalue weighted by molar-refractivity contribution is 0.133. The van der Waals surface area contributed by atoms with E-state index in [0.717, 1.165) is 37.1 Å². The minimum Gasteiger partial charge on any atom is -0.304 e. The van der Waals surface area contributed by atoms with Crippen LogP contribution in [0.3, 0.4) is 0 Å². The van der Waals surface area contributed by atoms with Crippen molar-refractivity contribution in [3.05, 3.63) is 66.4 Å². The zero-order chi connectivity index (χ0) is 19.7. The monoisotopic (exact) mass is 394 g/mol. The summed E-state index contributed by atoms with van der Waals surface area (Å²) in [4.78, 5) is 4.59. The average molecular weight is 395 g/mol. The van der Waals surface area contributed by atoms with Crippen LogP contribution in [0.5, 0.6) is 0 Å². The summed E-state index contributed by atoms with van der Waals surface area (Å²) in [5.74, 6) is 0. The zero-order valence-electron chi connectivity index (χ0n) is 15.7. The highest BCUT2D eigenvalue weighted by atomic mass is 32.2. The standard InChI is InChI=1S/C21H22N4O2S/c1-23-11-13-24(14-12-23)21(15-22)19-16-25(20-10-6-5-9-18(19)20)28(26,27)17-7-3-2-4-8-17/h2-10,16,21H,11-14H2,1H3/t21-/m0/s1. The number of hydrogen-bond acceptors (Lipinski definition) is 5. The molecule has 1 aliphatic heterocycles. The molecule has 7 heteroatoms. The molecule has 0 radical (unpaired) electrons. The number of rotatable bonds is 4. The van der Waals surface area contributed by atoms with E-state index in [2.05, 4.69) is 22.9 Å². The number of para-hydroxylation sites is 1. The van der Waals surface area contributed by atoms with Crippen molar-refractivity contribution >= 4 is 20.9 Å². The van der Waals surface area contributed by atoms with Gasteiger partial charge in [0.15, 0.2) is 0 Å². The molecule has 2 heterocycles. The van der Waals surface area contributed by atoms with Gasteiger partial charge in [-0.3, -0.25) is 4.90 Å².